The highest BCUT2D eigenvalue weighted by Crippen LogP contribution is 2.43. The van der Waals surface area contributed by atoms with Crippen LogP contribution in [0.2, 0.25) is 0 Å². The zero-order valence-electron chi connectivity index (χ0n) is 14.3. The molecule has 1 heterocycles. The standard InChI is InChI=1S/C21H17NO5/c22-12-7-5-11(6-8-12)21-18-16(9-13(27-21)10-17(23)24)19(25)14-3-1-2-4-15(14)20(18)26/h1-8,13,21H,9-10,22H2,(H,23,24)/t13-,21-/m0/s1. The van der Waals surface area contributed by atoms with Crippen molar-refractivity contribution in [3.05, 3.63) is 76.4 Å². The highest BCUT2D eigenvalue weighted by molar-refractivity contribution is 6.27. The van der Waals surface area contributed by atoms with Gasteiger partial charge < -0.3 is 15.6 Å². The Hall–Kier alpha value is -3.25. The molecular formula is C21H17NO5. The Balaban J connectivity index is 1.85. The number of fused-ring (bicyclic) bond motifs is 1. The van der Waals surface area contributed by atoms with Crippen molar-refractivity contribution in [3.63, 3.8) is 0 Å². The van der Waals surface area contributed by atoms with Crippen LogP contribution in [-0.4, -0.2) is 28.7 Å². The molecule has 2 aromatic rings. The van der Waals surface area contributed by atoms with E-state index >= 15 is 0 Å². The zero-order chi connectivity index (χ0) is 19.1. The van der Waals surface area contributed by atoms with Crippen molar-refractivity contribution in [1.29, 1.82) is 0 Å². The molecule has 0 radical (unpaired) electrons. The molecule has 2 atom stereocenters. The van der Waals surface area contributed by atoms with E-state index in [-0.39, 0.29) is 24.4 Å². The van der Waals surface area contributed by atoms with Crippen molar-refractivity contribution in [2.45, 2.75) is 25.0 Å². The lowest BCUT2D eigenvalue weighted by Gasteiger charge is -2.35. The second-order valence-corrected chi connectivity index (χ2v) is 6.70. The van der Waals surface area contributed by atoms with Gasteiger partial charge in [0.15, 0.2) is 11.6 Å². The van der Waals surface area contributed by atoms with E-state index in [0.717, 1.165) is 0 Å². The molecule has 0 spiro atoms. The average Bonchev–Trinajstić information content (AvgIpc) is 2.65. The maximum atomic E-state index is 13.1. The van der Waals surface area contributed by atoms with Crippen LogP contribution in [0.15, 0.2) is 59.7 Å². The SMILES string of the molecule is Nc1ccc([C@@H]2O[C@H](CC(=O)O)CC3=C2C(=O)c2ccccc2C3=O)cc1. The van der Waals surface area contributed by atoms with Gasteiger partial charge in [-0.2, -0.15) is 0 Å². The van der Waals surface area contributed by atoms with Crippen LogP contribution in [0.3, 0.4) is 0 Å². The number of carboxylic acid groups (broad SMARTS) is 1. The van der Waals surface area contributed by atoms with Crippen LogP contribution in [0.4, 0.5) is 5.69 Å². The number of nitrogen functional groups attached to an aromatic ring is 1. The van der Waals surface area contributed by atoms with E-state index < -0.39 is 18.2 Å². The molecule has 0 unspecified atom stereocenters. The minimum Gasteiger partial charge on any atom is -0.481 e. The number of ketones is 2. The molecule has 1 aliphatic heterocycles. The first-order valence-electron chi connectivity index (χ1n) is 8.60. The van der Waals surface area contributed by atoms with Gasteiger partial charge >= 0.3 is 5.97 Å². The molecule has 0 saturated carbocycles. The van der Waals surface area contributed by atoms with Gasteiger partial charge in [-0.25, -0.2) is 0 Å². The lowest BCUT2D eigenvalue weighted by Crippen LogP contribution is -2.35. The first kappa shape index (κ1) is 17.2. The third-order valence-electron chi connectivity index (χ3n) is 4.92. The van der Waals surface area contributed by atoms with E-state index in [4.69, 9.17) is 15.6 Å². The fraction of sp³-hybridized carbons (Fsp3) is 0.190. The number of rotatable bonds is 3. The minimum absolute atomic E-state index is 0.103. The number of hydrogen-bond acceptors (Lipinski definition) is 5. The summed E-state index contributed by atoms with van der Waals surface area (Å²) in [5.41, 5.74) is 8.31. The Labute approximate surface area is 155 Å². The number of aliphatic carboxylic acids is 1. The maximum Gasteiger partial charge on any atom is 0.305 e. The smallest absolute Gasteiger partial charge is 0.305 e. The fourth-order valence-corrected chi connectivity index (χ4v) is 3.69. The third kappa shape index (κ3) is 2.94. The largest absolute Gasteiger partial charge is 0.481 e. The first-order chi connectivity index (χ1) is 13.0. The third-order valence-corrected chi connectivity index (χ3v) is 4.92. The lowest BCUT2D eigenvalue weighted by atomic mass is 9.77. The van der Waals surface area contributed by atoms with Crippen LogP contribution in [0.5, 0.6) is 0 Å². The minimum atomic E-state index is -1.02. The molecule has 136 valence electrons. The van der Waals surface area contributed by atoms with Crippen molar-refractivity contribution in [2.75, 3.05) is 5.73 Å². The van der Waals surface area contributed by atoms with Crippen molar-refractivity contribution in [3.8, 4) is 0 Å². The van der Waals surface area contributed by atoms with E-state index in [9.17, 15) is 14.4 Å². The quantitative estimate of drug-likeness (QED) is 0.812. The summed E-state index contributed by atoms with van der Waals surface area (Å²) in [7, 11) is 0. The van der Waals surface area contributed by atoms with Crippen LogP contribution in [0.1, 0.15) is 45.2 Å². The number of carbonyl (C=O) groups excluding carboxylic acids is 2. The monoisotopic (exact) mass is 363 g/mol. The number of hydrogen-bond donors (Lipinski definition) is 2. The van der Waals surface area contributed by atoms with Gasteiger partial charge in [0.1, 0.15) is 6.10 Å². The molecule has 0 bridgehead atoms. The summed E-state index contributed by atoms with van der Waals surface area (Å²) in [5.74, 6) is -1.51. The second-order valence-electron chi connectivity index (χ2n) is 6.70. The Morgan fingerprint density at radius 2 is 1.67 bits per heavy atom. The van der Waals surface area contributed by atoms with Gasteiger partial charge in [-0.05, 0) is 17.7 Å². The summed E-state index contributed by atoms with van der Waals surface area (Å²) in [4.78, 5) is 37.4. The Morgan fingerprint density at radius 1 is 1.04 bits per heavy atom. The van der Waals surface area contributed by atoms with Gasteiger partial charge in [0.2, 0.25) is 0 Å². The second kappa shape index (κ2) is 6.48. The van der Waals surface area contributed by atoms with E-state index in [1.54, 1.807) is 48.5 Å². The molecular weight excluding hydrogens is 346 g/mol. The molecule has 6 nitrogen and oxygen atoms in total. The summed E-state index contributed by atoms with van der Waals surface area (Å²) in [6, 6.07) is 13.5. The predicted molar refractivity (Wildman–Crippen MR) is 97.5 cm³/mol. The van der Waals surface area contributed by atoms with Crippen LogP contribution >= 0.6 is 0 Å². The number of carboxylic acids is 1. The summed E-state index contributed by atoms with van der Waals surface area (Å²) < 4.78 is 5.97. The molecule has 0 fully saturated rings. The summed E-state index contributed by atoms with van der Waals surface area (Å²) in [6.07, 6.45) is -1.63. The molecule has 1 aliphatic carbocycles. The topological polar surface area (TPSA) is 107 Å². The number of carbonyl (C=O) groups is 3. The molecule has 0 saturated heterocycles. The molecule has 4 rings (SSSR count). The Bertz CT molecular complexity index is 990. The molecule has 0 amide bonds. The Morgan fingerprint density at radius 3 is 2.30 bits per heavy atom. The Kier molecular flexibility index (Phi) is 4.12. The lowest BCUT2D eigenvalue weighted by molar-refractivity contribution is -0.141. The van der Waals surface area contributed by atoms with E-state index in [1.165, 1.54) is 0 Å². The average molecular weight is 363 g/mol. The van der Waals surface area contributed by atoms with Gasteiger partial charge in [-0.1, -0.05) is 36.4 Å². The number of nitrogens with two attached hydrogens (primary N) is 1. The van der Waals surface area contributed by atoms with Gasteiger partial charge in [-0.15, -0.1) is 0 Å². The van der Waals surface area contributed by atoms with Crippen molar-refractivity contribution in [1.82, 2.24) is 0 Å². The maximum absolute atomic E-state index is 13.1. The van der Waals surface area contributed by atoms with Crippen LogP contribution in [0.25, 0.3) is 0 Å². The molecule has 0 aromatic heterocycles. The summed E-state index contributed by atoms with van der Waals surface area (Å²) >= 11 is 0. The van der Waals surface area contributed by atoms with E-state index in [1.807, 2.05) is 0 Å². The highest BCUT2D eigenvalue weighted by atomic mass is 16.5. The fourth-order valence-electron chi connectivity index (χ4n) is 3.69. The normalized spacial score (nSPS) is 21.6. The molecule has 2 aromatic carbocycles. The van der Waals surface area contributed by atoms with Crippen molar-refractivity contribution >= 4 is 23.2 Å². The van der Waals surface area contributed by atoms with Gasteiger partial charge in [0, 0.05) is 34.4 Å². The van der Waals surface area contributed by atoms with Gasteiger partial charge in [0.25, 0.3) is 0 Å². The number of benzene rings is 2. The number of anilines is 1. The van der Waals surface area contributed by atoms with Crippen molar-refractivity contribution < 1.29 is 24.2 Å². The van der Waals surface area contributed by atoms with E-state index in [2.05, 4.69) is 0 Å². The van der Waals surface area contributed by atoms with Crippen molar-refractivity contribution in [2.24, 2.45) is 0 Å². The van der Waals surface area contributed by atoms with E-state index in [0.29, 0.717) is 33.5 Å². The molecule has 27 heavy (non-hydrogen) atoms. The summed E-state index contributed by atoms with van der Waals surface area (Å²) in [5, 5.41) is 9.17. The van der Waals surface area contributed by atoms with Crippen LogP contribution in [-0.2, 0) is 9.53 Å². The molecule has 6 heteroatoms. The predicted octanol–water partition coefficient (Wildman–Crippen LogP) is 2.95. The van der Waals surface area contributed by atoms with Gasteiger partial charge in [-0.3, -0.25) is 14.4 Å². The first-order valence-corrected chi connectivity index (χ1v) is 8.60. The molecule has 2 aliphatic rings. The number of ether oxygens (including phenoxy) is 1. The highest BCUT2D eigenvalue weighted by Gasteiger charge is 2.42. The summed E-state index contributed by atoms with van der Waals surface area (Å²) in [6.45, 7) is 0. The number of Topliss-reactive ketones (excluding diaryl/α,β-unsaturated/α-hetero) is 2. The molecule has 3 N–H and O–H groups in total. The van der Waals surface area contributed by atoms with Gasteiger partial charge in [0.05, 0.1) is 12.5 Å². The van der Waals surface area contributed by atoms with Crippen LogP contribution < -0.4 is 5.73 Å². The zero-order valence-corrected chi connectivity index (χ0v) is 14.3. The van der Waals surface area contributed by atoms with Crippen LogP contribution in [0, 0.1) is 0 Å².